The van der Waals surface area contributed by atoms with Crippen LogP contribution in [-0.2, 0) is 4.79 Å². The van der Waals surface area contributed by atoms with Crippen molar-refractivity contribution in [3.63, 3.8) is 0 Å². The van der Waals surface area contributed by atoms with Crippen molar-refractivity contribution < 1.29 is 18.9 Å². The molecule has 1 amide bonds. The molecule has 0 fully saturated rings. The van der Waals surface area contributed by atoms with Gasteiger partial charge in [-0.1, -0.05) is 6.07 Å². The lowest BCUT2D eigenvalue weighted by molar-refractivity contribution is -0.385. The van der Waals surface area contributed by atoms with Gasteiger partial charge in [0.05, 0.1) is 11.1 Å². The molecule has 0 aliphatic heterocycles. The molecule has 9 heteroatoms. The summed E-state index contributed by atoms with van der Waals surface area (Å²) in [6, 6.07) is 7.83. The quantitative estimate of drug-likeness (QED) is 0.470. The van der Waals surface area contributed by atoms with Crippen LogP contribution in [0.15, 0.2) is 44.5 Å². The van der Waals surface area contributed by atoms with E-state index < -0.39 is 17.4 Å². The van der Waals surface area contributed by atoms with E-state index in [0.29, 0.717) is 10.4 Å². The first-order chi connectivity index (χ1) is 11.0. The number of carbonyl (C=O) groups is 1. The summed E-state index contributed by atoms with van der Waals surface area (Å²) in [7, 11) is 0. The Morgan fingerprint density at radius 2 is 2.26 bits per heavy atom. The maximum absolute atomic E-state index is 11.6. The molecule has 120 valence electrons. The van der Waals surface area contributed by atoms with Crippen molar-refractivity contribution in [1.82, 2.24) is 5.43 Å². The van der Waals surface area contributed by atoms with Crippen LogP contribution in [0.4, 0.5) is 5.69 Å². The van der Waals surface area contributed by atoms with Gasteiger partial charge in [0.1, 0.15) is 5.76 Å². The van der Waals surface area contributed by atoms with Crippen LogP contribution in [0.25, 0.3) is 0 Å². The Bertz CT molecular complexity index is 757. The third kappa shape index (κ3) is 4.92. The minimum atomic E-state index is -0.562. The van der Waals surface area contributed by atoms with Gasteiger partial charge in [-0.2, -0.15) is 5.10 Å². The van der Waals surface area contributed by atoms with Crippen LogP contribution in [0, 0.1) is 17.0 Å². The van der Waals surface area contributed by atoms with E-state index in [1.807, 2.05) is 0 Å². The van der Waals surface area contributed by atoms with Crippen molar-refractivity contribution in [2.24, 2.45) is 5.10 Å². The number of benzene rings is 1. The molecular formula is C14H12BrN3O5. The summed E-state index contributed by atoms with van der Waals surface area (Å²) in [5, 5.41) is 14.6. The van der Waals surface area contributed by atoms with E-state index in [0.717, 1.165) is 5.56 Å². The van der Waals surface area contributed by atoms with Crippen molar-refractivity contribution >= 4 is 33.7 Å². The highest BCUT2D eigenvalue weighted by Crippen LogP contribution is 2.27. The van der Waals surface area contributed by atoms with Crippen LogP contribution >= 0.6 is 15.9 Å². The second kappa shape index (κ2) is 7.54. The number of nitro benzene ring substituents is 1. The van der Waals surface area contributed by atoms with Crippen molar-refractivity contribution in [2.45, 2.75) is 6.92 Å². The number of hydrogen-bond donors (Lipinski definition) is 1. The number of furan rings is 1. The Kier molecular flexibility index (Phi) is 5.47. The monoisotopic (exact) mass is 381 g/mol. The highest BCUT2D eigenvalue weighted by atomic mass is 79.9. The molecule has 0 saturated carbocycles. The molecule has 2 aromatic rings. The number of hydrogen-bond acceptors (Lipinski definition) is 6. The topological polar surface area (TPSA) is 107 Å². The number of nitro groups is 1. The van der Waals surface area contributed by atoms with Gasteiger partial charge < -0.3 is 9.15 Å². The number of amides is 1. The number of halogens is 1. The molecule has 23 heavy (non-hydrogen) atoms. The van der Waals surface area contributed by atoms with Gasteiger partial charge in [0.2, 0.25) is 0 Å². The van der Waals surface area contributed by atoms with Gasteiger partial charge in [-0.25, -0.2) is 5.43 Å². The molecule has 0 spiro atoms. The first kappa shape index (κ1) is 16.7. The Labute approximate surface area is 139 Å². The van der Waals surface area contributed by atoms with Crippen molar-refractivity contribution in [3.8, 4) is 5.75 Å². The lowest BCUT2D eigenvalue weighted by atomic mass is 10.2. The van der Waals surface area contributed by atoms with Crippen molar-refractivity contribution in [3.05, 3.63) is 56.4 Å². The smallest absolute Gasteiger partial charge is 0.311 e. The van der Waals surface area contributed by atoms with E-state index >= 15 is 0 Å². The molecule has 2 rings (SSSR count). The largest absolute Gasteiger partial charge is 0.477 e. The summed E-state index contributed by atoms with van der Waals surface area (Å²) in [4.78, 5) is 22.0. The molecule has 0 aliphatic rings. The molecular weight excluding hydrogens is 370 g/mol. The minimum Gasteiger partial charge on any atom is -0.477 e. The minimum absolute atomic E-state index is 0.0229. The summed E-state index contributed by atoms with van der Waals surface area (Å²) in [5.74, 6) is -0.0799. The van der Waals surface area contributed by atoms with Gasteiger partial charge in [-0.05, 0) is 46.6 Å². The van der Waals surface area contributed by atoms with Crippen LogP contribution in [0.3, 0.4) is 0 Å². The highest BCUT2D eigenvalue weighted by molar-refractivity contribution is 9.10. The fourth-order valence-electron chi connectivity index (χ4n) is 1.63. The predicted octanol–water partition coefficient (Wildman–Crippen LogP) is 2.79. The van der Waals surface area contributed by atoms with E-state index in [9.17, 15) is 14.9 Å². The van der Waals surface area contributed by atoms with Crippen molar-refractivity contribution in [2.75, 3.05) is 6.61 Å². The van der Waals surface area contributed by atoms with Crippen LogP contribution in [-0.4, -0.2) is 23.7 Å². The van der Waals surface area contributed by atoms with E-state index in [1.165, 1.54) is 18.3 Å². The second-order valence-electron chi connectivity index (χ2n) is 4.45. The van der Waals surface area contributed by atoms with Gasteiger partial charge in [0, 0.05) is 6.07 Å². The molecule has 8 nitrogen and oxygen atoms in total. The summed E-state index contributed by atoms with van der Waals surface area (Å²) in [5.41, 5.74) is 2.76. The average molecular weight is 382 g/mol. The molecule has 0 bridgehead atoms. The Hall–Kier alpha value is -2.68. The average Bonchev–Trinajstić information content (AvgIpc) is 2.91. The number of nitrogens with zero attached hydrogens (tertiary/aromatic N) is 2. The second-order valence-corrected chi connectivity index (χ2v) is 5.23. The number of hydrazone groups is 1. The normalized spacial score (nSPS) is 10.7. The van der Waals surface area contributed by atoms with E-state index in [1.54, 1.807) is 25.1 Å². The number of nitrogens with one attached hydrogen (secondary N) is 1. The SMILES string of the molecule is Cc1ccc(OCC(=O)NN=Cc2ccc(Br)o2)c([N+](=O)[O-])c1. The van der Waals surface area contributed by atoms with Gasteiger partial charge >= 0.3 is 5.69 Å². The molecule has 0 aliphatic carbocycles. The molecule has 1 heterocycles. The number of rotatable bonds is 6. The van der Waals surface area contributed by atoms with Gasteiger partial charge in [0.15, 0.2) is 17.0 Å². The van der Waals surface area contributed by atoms with Gasteiger partial charge in [-0.3, -0.25) is 14.9 Å². The fourth-order valence-corrected chi connectivity index (χ4v) is 1.95. The van der Waals surface area contributed by atoms with E-state index in [2.05, 4.69) is 26.5 Å². The number of ether oxygens (including phenoxy) is 1. The maximum Gasteiger partial charge on any atom is 0.311 e. The van der Waals surface area contributed by atoms with E-state index in [4.69, 9.17) is 9.15 Å². The fraction of sp³-hybridized carbons (Fsp3) is 0.143. The van der Waals surface area contributed by atoms with Crippen LogP contribution in [0.2, 0.25) is 0 Å². The Morgan fingerprint density at radius 1 is 1.48 bits per heavy atom. The molecule has 1 aromatic heterocycles. The Balaban J connectivity index is 1.89. The van der Waals surface area contributed by atoms with Crippen LogP contribution in [0.5, 0.6) is 5.75 Å². The first-order valence-corrected chi connectivity index (χ1v) is 7.20. The third-order valence-corrected chi connectivity index (χ3v) is 3.07. The Morgan fingerprint density at radius 3 is 2.91 bits per heavy atom. The lowest BCUT2D eigenvalue weighted by Crippen LogP contribution is -2.24. The van der Waals surface area contributed by atoms with Crippen molar-refractivity contribution in [1.29, 1.82) is 0 Å². The highest BCUT2D eigenvalue weighted by Gasteiger charge is 2.16. The number of aryl methyl sites for hydroxylation is 1. The summed E-state index contributed by atoms with van der Waals surface area (Å²) >= 11 is 3.14. The molecule has 0 unspecified atom stereocenters. The summed E-state index contributed by atoms with van der Waals surface area (Å²) in [6.07, 6.45) is 1.32. The predicted molar refractivity (Wildman–Crippen MR) is 85.5 cm³/mol. The first-order valence-electron chi connectivity index (χ1n) is 6.41. The van der Waals surface area contributed by atoms with E-state index in [-0.39, 0.29) is 11.4 Å². The molecule has 0 radical (unpaired) electrons. The zero-order chi connectivity index (χ0) is 16.8. The van der Waals surface area contributed by atoms with Gasteiger partial charge in [0.25, 0.3) is 5.91 Å². The summed E-state index contributed by atoms with van der Waals surface area (Å²) < 4.78 is 10.9. The molecule has 0 atom stereocenters. The zero-order valence-electron chi connectivity index (χ0n) is 12.0. The van der Waals surface area contributed by atoms with Gasteiger partial charge in [-0.15, -0.1) is 0 Å². The molecule has 0 saturated heterocycles. The summed E-state index contributed by atoms with van der Waals surface area (Å²) in [6.45, 7) is 1.33. The van der Waals surface area contributed by atoms with Crippen LogP contribution < -0.4 is 10.2 Å². The molecule has 1 aromatic carbocycles. The lowest BCUT2D eigenvalue weighted by Gasteiger charge is -2.06. The maximum atomic E-state index is 11.6. The third-order valence-electron chi connectivity index (χ3n) is 2.64. The zero-order valence-corrected chi connectivity index (χ0v) is 13.6. The standard InChI is InChI=1S/C14H12BrN3O5/c1-9-2-4-12(11(6-9)18(20)21)22-8-14(19)17-16-7-10-3-5-13(15)23-10/h2-7H,8H2,1H3,(H,17,19). The number of carbonyl (C=O) groups excluding carboxylic acids is 1. The van der Waals surface area contributed by atoms with Crippen LogP contribution in [0.1, 0.15) is 11.3 Å². The molecule has 1 N–H and O–H groups in total.